The Labute approximate surface area is 285 Å². The van der Waals surface area contributed by atoms with E-state index in [4.69, 9.17) is 5.26 Å². The monoisotopic (exact) mass is 648 g/mol. The van der Waals surface area contributed by atoms with Crippen LogP contribution in [0.3, 0.4) is 0 Å². The summed E-state index contributed by atoms with van der Waals surface area (Å²) in [4.78, 5) is 2.24. The summed E-state index contributed by atoms with van der Waals surface area (Å²) in [6, 6.07) is 19.1. The zero-order chi connectivity index (χ0) is 35.2. The highest BCUT2D eigenvalue weighted by Gasteiger charge is 2.23. The molecule has 3 N–H and O–H groups in total. The zero-order valence-electron chi connectivity index (χ0n) is 29.8. The molecule has 0 aliphatic heterocycles. The SMILES string of the molecule is C=CCC(c1ccc(CCCCCCC(CC#N)[C@@H](O)C(C)O)cc1)N(C)C1=CC=C(F)CC1.CC.CCC(O)c1ccc(C)cc1. The van der Waals surface area contributed by atoms with Gasteiger partial charge in [-0.25, -0.2) is 4.39 Å². The van der Waals surface area contributed by atoms with Crippen molar-refractivity contribution in [3.05, 3.63) is 107 Å². The maximum absolute atomic E-state index is 13.4. The molecule has 1 aliphatic rings. The fourth-order valence-corrected chi connectivity index (χ4v) is 5.70. The highest BCUT2D eigenvalue weighted by molar-refractivity contribution is 5.28. The van der Waals surface area contributed by atoms with Gasteiger partial charge in [0.25, 0.3) is 0 Å². The first-order valence-electron chi connectivity index (χ1n) is 17.6. The minimum Gasteiger partial charge on any atom is -0.391 e. The Morgan fingerprint density at radius 1 is 0.936 bits per heavy atom. The van der Waals surface area contributed by atoms with Gasteiger partial charge in [-0.3, -0.25) is 0 Å². The van der Waals surface area contributed by atoms with Crippen molar-refractivity contribution in [1.82, 2.24) is 4.90 Å². The van der Waals surface area contributed by atoms with Crippen molar-refractivity contribution in [2.75, 3.05) is 7.05 Å². The average molecular weight is 649 g/mol. The molecule has 4 unspecified atom stereocenters. The van der Waals surface area contributed by atoms with E-state index in [1.807, 2.05) is 64.1 Å². The summed E-state index contributed by atoms with van der Waals surface area (Å²) in [5.74, 6) is -0.209. The normalized spacial score (nSPS) is 15.5. The lowest BCUT2D eigenvalue weighted by molar-refractivity contribution is -0.00898. The van der Waals surface area contributed by atoms with E-state index < -0.39 is 12.2 Å². The van der Waals surface area contributed by atoms with Gasteiger partial charge in [0.1, 0.15) is 5.83 Å². The Bertz CT molecular complexity index is 1230. The van der Waals surface area contributed by atoms with Crippen LogP contribution in [0.15, 0.2) is 84.9 Å². The number of aliphatic hydroxyl groups is 3. The van der Waals surface area contributed by atoms with Gasteiger partial charge < -0.3 is 20.2 Å². The van der Waals surface area contributed by atoms with Gasteiger partial charge >= 0.3 is 0 Å². The molecule has 0 saturated heterocycles. The average Bonchev–Trinajstić information content (AvgIpc) is 3.09. The number of hydrogen-bond acceptors (Lipinski definition) is 5. The Hall–Kier alpha value is -3.24. The standard InChI is InChI=1S/C29H41FN2O2.C10H14O.C2H6/c1-4-9-28(32(3)27-18-16-26(30)17-19-27)24-14-12-23(13-15-24)10-7-5-6-8-11-25(20-21-31)29(34)22(2)33;1-3-10(11)9-6-4-8(2)5-7-9;1-2/h4,12-16,18,22,25,28-29,33-34H,1,5-11,17,19-20H2,2-3H3;4-7,10-11H,3H2,1-2H3;1-2H3/t22?,25?,28?,29-;;/m0../s1. The summed E-state index contributed by atoms with van der Waals surface area (Å²) < 4.78 is 13.4. The minimum absolute atomic E-state index is 0.0545. The minimum atomic E-state index is -0.825. The molecule has 0 saturated carbocycles. The maximum atomic E-state index is 13.4. The first-order chi connectivity index (χ1) is 22.6. The van der Waals surface area contributed by atoms with Gasteiger partial charge in [-0.2, -0.15) is 5.26 Å². The summed E-state index contributed by atoms with van der Waals surface area (Å²) in [6.45, 7) is 13.5. The number of unbranched alkanes of at least 4 members (excludes halogenated alkanes) is 3. The van der Waals surface area contributed by atoms with Gasteiger partial charge in [0, 0.05) is 31.5 Å². The molecule has 2 aromatic carbocycles. The van der Waals surface area contributed by atoms with Crippen molar-refractivity contribution < 1.29 is 19.7 Å². The Balaban J connectivity index is 0.000000710. The third kappa shape index (κ3) is 15.5. The molecule has 5 atom stereocenters. The number of halogens is 1. The van der Waals surface area contributed by atoms with Crippen LogP contribution < -0.4 is 0 Å². The van der Waals surface area contributed by atoms with E-state index in [0.717, 1.165) is 69.0 Å². The van der Waals surface area contributed by atoms with Crippen LogP contribution in [0.25, 0.3) is 0 Å². The molecule has 2 aromatic rings. The number of aliphatic hydroxyl groups excluding tert-OH is 3. The molecule has 3 rings (SSSR count). The number of nitrogens with zero attached hydrogens (tertiary/aromatic N) is 2. The van der Waals surface area contributed by atoms with E-state index >= 15 is 0 Å². The van der Waals surface area contributed by atoms with Crippen LogP contribution in [0.2, 0.25) is 0 Å². The van der Waals surface area contributed by atoms with Gasteiger partial charge in [-0.05, 0) is 81.2 Å². The van der Waals surface area contributed by atoms with E-state index in [1.165, 1.54) is 16.7 Å². The van der Waals surface area contributed by atoms with Crippen LogP contribution >= 0.6 is 0 Å². The molecule has 0 radical (unpaired) electrons. The molecule has 0 amide bonds. The molecule has 6 heteroatoms. The van der Waals surface area contributed by atoms with Crippen LogP contribution in [-0.4, -0.2) is 39.5 Å². The molecule has 0 fully saturated rings. The highest BCUT2D eigenvalue weighted by Crippen LogP contribution is 2.31. The quantitative estimate of drug-likeness (QED) is 0.117. The molecule has 0 aromatic heterocycles. The van der Waals surface area contributed by atoms with Gasteiger partial charge in [0.05, 0.1) is 30.4 Å². The Kier molecular flexibility index (Phi) is 21.3. The number of rotatable bonds is 17. The number of aryl methyl sites for hydroxylation is 2. The van der Waals surface area contributed by atoms with Crippen molar-refractivity contribution in [2.45, 2.75) is 130 Å². The van der Waals surface area contributed by atoms with Gasteiger partial charge in [0.15, 0.2) is 0 Å². The van der Waals surface area contributed by atoms with Crippen molar-refractivity contribution >= 4 is 0 Å². The van der Waals surface area contributed by atoms with Crippen LogP contribution in [0.1, 0.15) is 126 Å². The van der Waals surface area contributed by atoms with Crippen molar-refractivity contribution in [3.8, 4) is 6.07 Å². The van der Waals surface area contributed by atoms with Gasteiger partial charge in [-0.15, -0.1) is 6.58 Å². The van der Waals surface area contributed by atoms with Crippen LogP contribution in [0.5, 0.6) is 0 Å². The molecular formula is C41H61FN2O3. The van der Waals surface area contributed by atoms with E-state index in [0.29, 0.717) is 6.42 Å². The molecular weight excluding hydrogens is 587 g/mol. The van der Waals surface area contributed by atoms with Crippen molar-refractivity contribution in [3.63, 3.8) is 0 Å². The molecule has 47 heavy (non-hydrogen) atoms. The summed E-state index contributed by atoms with van der Waals surface area (Å²) in [5, 5.41) is 38.0. The summed E-state index contributed by atoms with van der Waals surface area (Å²) >= 11 is 0. The molecule has 260 valence electrons. The topological polar surface area (TPSA) is 87.7 Å². The van der Waals surface area contributed by atoms with E-state index in [9.17, 15) is 19.7 Å². The number of allylic oxidation sites excluding steroid dienone is 4. The predicted molar refractivity (Wildman–Crippen MR) is 194 cm³/mol. The first kappa shape index (κ1) is 41.8. The summed E-state index contributed by atoms with van der Waals surface area (Å²) in [6.07, 6.45) is 12.6. The third-order valence-electron chi connectivity index (χ3n) is 8.72. The third-order valence-corrected chi connectivity index (χ3v) is 8.72. The van der Waals surface area contributed by atoms with Crippen LogP contribution in [0.4, 0.5) is 4.39 Å². The predicted octanol–water partition coefficient (Wildman–Crippen LogP) is 10.00. The number of nitriles is 1. The Morgan fingerprint density at radius 3 is 2.09 bits per heavy atom. The zero-order valence-corrected chi connectivity index (χ0v) is 29.8. The van der Waals surface area contributed by atoms with E-state index in [-0.39, 0.29) is 30.3 Å². The second-order valence-electron chi connectivity index (χ2n) is 12.3. The summed E-state index contributed by atoms with van der Waals surface area (Å²) in [7, 11) is 2.08. The molecule has 0 bridgehead atoms. The second-order valence-corrected chi connectivity index (χ2v) is 12.3. The van der Waals surface area contributed by atoms with Crippen LogP contribution in [-0.2, 0) is 6.42 Å². The smallest absolute Gasteiger partial charge is 0.100 e. The second kappa shape index (κ2) is 24.0. The largest absolute Gasteiger partial charge is 0.391 e. The molecule has 0 spiro atoms. The fraction of sp³-hybridized carbons (Fsp3) is 0.537. The van der Waals surface area contributed by atoms with E-state index in [1.54, 1.807) is 13.0 Å². The highest BCUT2D eigenvalue weighted by atomic mass is 19.1. The molecule has 0 heterocycles. The fourth-order valence-electron chi connectivity index (χ4n) is 5.70. The number of hydrogen-bond donors (Lipinski definition) is 3. The van der Waals surface area contributed by atoms with Crippen molar-refractivity contribution in [1.29, 1.82) is 5.26 Å². The molecule has 5 nitrogen and oxygen atoms in total. The first-order valence-corrected chi connectivity index (χ1v) is 17.6. The Morgan fingerprint density at radius 2 is 1.55 bits per heavy atom. The lowest BCUT2D eigenvalue weighted by Crippen LogP contribution is -2.31. The van der Waals surface area contributed by atoms with Gasteiger partial charge in [-0.1, -0.05) is 100 Å². The van der Waals surface area contributed by atoms with E-state index in [2.05, 4.69) is 48.9 Å². The van der Waals surface area contributed by atoms with Crippen LogP contribution in [0, 0.1) is 24.2 Å². The number of benzene rings is 2. The van der Waals surface area contributed by atoms with Crippen molar-refractivity contribution in [2.24, 2.45) is 5.92 Å². The molecule has 1 aliphatic carbocycles. The lowest BCUT2D eigenvalue weighted by Gasteiger charge is -2.33. The summed E-state index contributed by atoms with van der Waals surface area (Å²) in [5.41, 5.74) is 5.95. The maximum Gasteiger partial charge on any atom is 0.100 e. The van der Waals surface area contributed by atoms with Gasteiger partial charge in [0.2, 0.25) is 0 Å². The lowest BCUT2D eigenvalue weighted by atomic mass is 9.90.